The summed E-state index contributed by atoms with van der Waals surface area (Å²) in [6.45, 7) is 0. The average molecular weight is 210 g/mol. The maximum absolute atomic E-state index is 9.18. The SMILES string of the molecule is COc1ccc(N)c(O)c1Cl.Cl. The Balaban J connectivity index is 0.00000121. The molecule has 0 saturated carbocycles. The van der Waals surface area contributed by atoms with Crippen LogP contribution in [0.5, 0.6) is 11.5 Å². The molecule has 0 spiro atoms. The van der Waals surface area contributed by atoms with Crippen LogP contribution < -0.4 is 10.5 Å². The Kier molecular flexibility index (Phi) is 4.00. The number of methoxy groups -OCH3 is 1. The molecule has 0 aliphatic carbocycles. The topological polar surface area (TPSA) is 55.5 Å². The second-order valence-electron chi connectivity index (χ2n) is 2.02. The highest BCUT2D eigenvalue weighted by molar-refractivity contribution is 6.33. The molecule has 3 N–H and O–H groups in total. The van der Waals surface area contributed by atoms with Gasteiger partial charge in [-0.2, -0.15) is 0 Å². The summed E-state index contributed by atoms with van der Waals surface area (Å²) in [4.78, 5) is 0. The van der Waals surface area contributed by atoms with E-state index in [1.807, 2.05) is 0 Å². The van der Waals surface area contributed by atoms with E-state index in [4.69, 9.17) is 22.1 Å². The predicted octanol–water partition coefficient (Wildman–Crippen LogP) is 2.06. The van der Waals surface area contributed by atoms with Crippen LogP contribution in [0.1, 0.15) is 0 Å². The molecule has 0 radical (unpaired) electrons. The van der Waals surface area contributed by atoms with Crippen LogP contribution in [0, 0.1) is 0 Å². The molecule has 0 atom stereocenters. The minimum atomic E-state index is -0.133. The lowest BCUT2D eigenvalue weighted by Crippen LogP contribution is -1.89. The molecule has 68 valence electrons. The molecule has 0 unspecified atom stereocenters. The van der Waals surface area contributed by atoms with Crippen LogP contribution in [-0.2, 0) is 0 Å². The van der Waals surface area contributed by atoms with Crippen molar-refractivity contribution in [2.45, 2.75) is 0 Å². The summed E-state index contributed by atoms with van der Waals surface area (Å²) in [7, 11) is 1.47. The minimum absolute atomic E-state index is 0. The molecule has 5 heteroatoms. The van der Waals surface area contributed by atoms with E-state index >= 15 is 0 Å². The molecule has 12 heavy (non-hydrogen) atoms. The van der Waals surface area contributed by atoms with Crippen LogP contribution in [-0.4, -0.2) is 12.2 Å². The summed E-state index contributed by atoms with van der Waals surface area (Å²) in [5.74, 6) is 0.282. The van der Waals surface area contributed by atoms with Crippen molar-refractivity contribution in [2.75, 3.05) is 12.8 Å². The lowest BCUT2D eigenvalue weighted by Gasteiger charge is -2.05. The van der Waals surface area contributed by atoms with Crippen molar-refractivity contribution in [1.29, 1.82) is 0 Å². The largest absolute Gasteiger partial charge is 0.504 e. The van der Waals surface area contributed by atoms with Gasteiger partial charge in [-0.3, -0.25) is 0 Å². The van der Waals surface area contributed by atoms with Gasteiger partial charge in [0.1, 0.15) is 10.8 Å². The minimum Gasteiger partial charge on any atom is -0.504 e. The highest BCUT2D eigenvalue weighted by atomic mass is 35.5. The van der Waals surface area contributed by atoms with E-state index in [9.17, 15) is 5.11 Å². The van der Waals surface area contributed by atoms with Gasteiger partial charge in [0.2, 0.25) is 0 Å². The first-order valence-electron chi connectivity index (χ1n) is 2.97. The van der Waals surface area contributed by atoms with Crippen molar-refractivity contribution in [1.82, 2.24) is 0 Å². The van der Waals surface area contributed by atoms with E-state index in [1.54, 1.807) is 6.07 Å². The zero-order chi connectivity index (χ0) is 8.43. The molecule has 0 aliphatic heterocycles. The molecule has 1 aromatic carbocycles. The number of phenolic OH excluding ortho intramolecular Hbond substituents is 1. The van der Waals surface area contributed by atoms with Gasteiger partial charge in [-0.05, 0) is 12.1 Å². The van der Waals surface area contributed by atoms with Gasteiger partial charge in [-0.25, -0.2) is 0 Å². The highest BCUT2D eigenvalue weighted by Crippen LogP contribution is 2.36. The van der Waals surface area contributed by atoms with Crippen molar-refractivity contribution in [3.63, 3.8) is 0 Å². The molecule has 3 nitrogen and oxygen atoms in total. The van der Waals surface area contributed by atoms with Gasteiger partial charge in [0, 0.05) is 0 Å². The predicted molar refractivity (Wildman–Crippen MR) is 51.3 cm³/mol. The molecular weight excluding hydrogens is 201 g/mol. The molecule has 0 fully saturated rings. The number of hydrogen-bond acceptors (Lipinski definition) is 3. The number of aromatic hydroxyl groups is 1. The third-order valence-corrected chi connectivity index (χ3v) is 1.70. The molecule has 0 saturated heterocycles. The molecule has 0 bridgehead atoms. The maximum Gasteiger partial charge on any atom is 0.161 e. The van der Waals surface area contributed by atoms with Crippen molar-refractivity contribution >= 4 is 29.7 Å². The van der Waals surface area contributed by atoms with Gasteiger partial charge in [0.05, 0.1) is 12.8 Å². The van der Waals surface area contributed by atoms with Crippen LogP contribution in [0.15, 0.2) is 12.1 Å². The zero-order valence-corrected chi connectivity index (χ0v) is 7.95. The lowest BCUT2D eigenvalue weighted by atomic mass is 10.3. The molecular formula is C7H9Cl2NO2. The Morgan fingerprint density at radius 2 is 2.08 bits per heavy atom. The second-order valence-corrected chi connectivity index (χ2v) is 2.40. The van der Waals surface area contributed by atoms with E-state index in [0.717, 1.165) is 0 Å². The molecule has 0 aromatic heterocycles. The summed E-state index contributed by atoms with van der Waals surface area (Å²) in [6, 6.07) is 3.12. The number of ether oxygens (including phenoxy) is 1. The van der Waals surface area contributed by atoms with Crippen LogP contribution in [0.4, 0.5) is 5.69 Å². The monoisotopic (exact) mass is 209 g/mol. The number of nitrogen functional groups attached to an aromatic ring is 1. The van der Waals surface area contributed by atoms with Crippen LogP contribution >= 0.6 is 24.0 Å². The number of phenols is 1. The summed E-state index contributed by atoms with van der Waals surface area (Å²) in [6.07, 6.45) is 0. The second kappa shape index (κ2) is 4.28. The third kappa shape index (κ3) is 1.87. The fourth-order valence-corrected chi connectivity index (χ4v) is 0.968. The number of halogens is 2. The molecule has 0 aliphatic rings. The normalized spacial score (nSPS) is 8.83. The number of anilines is 1. The van der Waals surface area contributed by atoms with Gasteiger partial charge in [-0.15, -0.1) is 12.4 Å². The fourth-order valence-electron chi connectivity index (χ4n) is 0.719. The van der Waals surface area contributed by atoms with E-state index in [2.05, 4.69) is 0 Å². The molecule has 0 heterocycles. The Hall–Kier alpha value is -0.800. The Morgan fingerprint density at radius 1 is 1.50 bits per heavy atom. The first-order valence-corrected chi connectivity index (χ1v) is 3.35. The fraction of sp³-hybridized carbons (Fsp3) is 0.143. The van der Waals surface area contributed by atoms with Gasteiger partial charge < -0.3 is 15.6 Å². The smallest absolute Gasteiger partial charge is 0.161 e. The van der Waals surface area contributed by atoms with Gasteiger partial charge in [0.15, 0.2) is 5.75 Å². The maximum atomic E-state index is 9.18. The van der Waals surface area contributed by atoms with Gasteiger partial charge in [-0.1, -0.05) is 11.6 Å². The van der Waals surface area contributed by atoms with E-state index < -0.39 is 0 Å². The van der Waals surface area contributed by atoms with Crippen molar-refractivity contribution in [3.8, 4) is 11.5 Å². The zero-order valence-electron chi connectivity index (χ0n) is 6.37. The lowest BCUT2D eigenvalue weighted by molar-refractivity contribution is 0.408. The summed E-state index contributed by atoms with van der Waals surface area (Å²) in [5.41, 5.74) is 5.60. The molecule has 1 aromatic rings. The van der Waals surface area contributed by atoms with Gasteiger partial charge in [0.25, 0.3) is 0 Å². The number of benzene rings is 1. The summed E-state index contributed by atoms with van der Waals surface area (Å²) < 4.78 is 4.83. The Bertz CT molecular complexity index is 278. The summed E-state index contributed by atoms with van der Waals surface area (Å²) in [5, 5.41) is 9.33. The summed E-state index contributed by atoms with van der Waals surface area (Å²) >= 11 is 5.64. The van der Waals surface area contributed by atoms with E-state index in [1.165, 1.54) is 13.2 Å². The van der Waals surface area contributed by atoms with Crippen LogP contribution in [0.2, 0.25) is 5.02 Å². The quantitative estimate of drug-likeness (QED) is 0.550. The highest BCUT2D eigenvalue weighted by Gasteiger charge is 2.07. The van der Waals surface area contributed by atoms with E-state index in [0.29, 0.717) is 5.75 Å². The van der Waals surface area contributed by atoms with Crippen molar-refractivity contribution in [2.24, 2.45) is 0 Å². The average Bonchev–Trinajstić information content (AvgIpc) is 2.01. The molecule has 0 amide bonds. The third-order valence-electron chi connectivity index (χ3n) is 1.33. The number of rotatable bonds is 1. The van der Waals surface area contributed by atoms with E-state index in [-0.39, 0.29) is 28.9 Å². The standard InChI is InChI=1S/C7H8ClNO2.ClH/c1-11-5-3-2-4(9)7(10)6(5)8;/h2-3,10H,9H2,1H3;1H. The Morgan fingerprint density at radius 3 is 2.58 bits per heavy atom. The van der Waals surface area contributed by atoms with Crippen molar-refractivity contribution in [3.05, 3.63) is 17.2 Å². The Labute approximate surface area is 81.5 Å². The number of nitrogens with two attached hydrogens (primary N) is 1. The van der Waals surface area contributed by atoms with Crippen LogP contribution in [0.25, 0.3) is 0 Å². The van der Waals surface area contributed by atoms with Gasteiger partial charge >= 0.3 is 0 Å². The molecule has 1 rings (SSSR count). The first-order chi connectivity index (χ1) is 5.16. The van der Waals surface area contributed by atoms with Crippen molar-refractivity contribution < 1.29 is 9.84 Å². The first kappa shape index (κ1) is 11.2. The number of hydrogen-bond donors (Lipinski definition) is 2. The van der Waals surface area contributed by atoms with Crippen LogP contribution in [0.3, 0.4) is 0 Å².